The molecular formula is C23H21Cl2FN2O5. The predicted molar refractivity (Wildman–Crippen MR) is 123 cm³/mol. The number of carbonyl (C=O) groups excluding carboxylic acids is 2. The summed E-state index contributed by atoms with van der Waals surface area (Å²) in [6.45, 7) is 4.56. The molecule has 10 heteroatoms. The third-order valence-corrected chi connectivity index (χ3v) is 6.26. The van der Waals surface area contributed by atoms with E-state index in [2.05, 4.69) is 5.32 Å². The molecule has 0 aliphatic rings. The van der Waals surface area contributed by atoms with Crippen molar-refractivity contribution in [1.82, 2.24) is 9.88 Å². The van der Waals surface area contributed by atoms with Crippen LogP contribution in [-0.4, -0.2) is 39.1 Å². The summed E-state index contributed by atoms with van der Waals surface area (Å²) >= 11 is 12.0. The van der Waals surface area contributed by atoms with E-state index in [1.54, 1.807) is 13.8 Å². The molecule has 0 fully saturated rings. The van der Waals surface area contributed by atoms with Crippen molar-refractivity contribution in [2.24, 2.45) is 5.92 Å². The van der Waals surface area contributed by atoms with Gasteiger partial charge in [0.15, 0.2) is 11.6 Å². The van der Waals surface area contributed by atoms with Crippen LogP contribution in [0.15, 0.2) is 30.3 Å². The van der Waals surface area contributed by atoms with Crippen LogP contribution in [0, 0.1) is 18.7 Å². The van der Waals surface area contributed by atoms with E-state index in [-0.39, 0.29) is 27.7 Å². The molecule has 0 spiro atoms. The molecule has 2 atom stereocenters. The third-order valence-electron chi connectivity index (χ3n) is 5.52. The first kappa shape index (κ1) is 24.5. The molecule has 2 aromatic carbocycles. The van der Waals surface area contributed by atoms with Crippen LogP contribution in [0.5, 0.6) is 5.75 Å². The van der Waals surface area contributed by atoms with Crippen molar-refractivity contribution in [3.63, 3.8) is 0 Å². The summed E-state index contributed by atoms with van der Waals surface area (Å²) < 4.78 is 15.5. The van der Waals surface area contributed by atoms with Crippen LogP contribution in [0.2, 0.25) is 10.0 Å². The monoisotopic (exact) mass is 494 g/mol. The highest BCUT2D eigenvalue weighted by Gasteiger charge is 2.28. The number of phenolic OH excluding ortho intramolecular Hbond substituents is 1. The van der Waals surface area contributed by atoms with E-state index in [4.69, 9.17) is 28.3 Å². The number of phenols is 1. The van der Waals surface area contributed by atoms with Crippen LogP contribution >= 0.6 is 23.2 Å². The average Bonchev–Trinajstić information content (AvgIpc) is 3.03. The molecular weight excluding hydrogens is 474 g/mol. The molecule has 3 N–H and O–H groups in total. The number of carboxylic acid groups (broad SMARTS) is 1. The smallest absolute Gasteiger partial charge is 0.308 e. The fourth-order valence-electron chi connectivity index (χ4n) is 3.64. The van der Waals surface area contributed by atoms with Crippen LogP contribution in [-0.2, 0) is 9.59 Å². The van der Waals surface area contributed by atoms with Crippen molar-refractivity contribution in [1.29, 1.82) is 0 Å². The summed E-state index contributed by atoms with van der Waals surface area (Å²) in [5.41, 5.74) is 1.11. The fraction of sp³-hybridized carbons (Fsp3) is 0.261. The highest BCUT2D eigenvalue weighted by molar-refractivity contribution is 6.42. The van der Waals surface area contributed by atoms with Gasteiger partial charge in [-0.3, -0.25) is 19.0 Å². The van der Waals surface area contributed by atoms with Gasteiger partial charge in [-0.25, -0.2) is 4.39 Å². The number of hydrogen-bond acceptors (Lipinski definition) is 4. The summed E-state index contributed by atoms with van der Waals surface area (Å²) in [5, 5.41) is 22.3. The Labute approximate surface area is 198 Å². The van der Waals surface area contributed by atoms with E-state index in [1.165, 1.54) is 29.7 Å². The average molecular weight is 495 g/mol. The van der Waals surface area contributed by atoms with Crippen LogP contribution in [0.3, 0.4) is 0 Å². The van der Waals surface area contributed by atoms with Gasteiger partial charge in [-0.1, -0.05) is 30.1 Å². The van der Waals surface area contributed by atoms with Gasteiger partial charge >= 0.3 is 5.97 Å². The normalized spacial score (nSPS) is 13.0. The van der Waals surface area contributed by atoms with Gasteiger partial charge in [0.1, 0.15) is 0 Å². The minimum Gasteiger partial charge on any atom is -0.505 e. The molecule has 33 heavy (non-hydrogen) atoms. The van der Waals surface area contributed by atoms with E-state index >= 15 is 0 Å². The van der Waals surface area contributed by atoms with Crippen molar-refractivity contribution >= 4 is 51.9 Å². The largest absolute Gasteiger partial charge is 0.505 e. The maximum atomic E-state index is 14.2. The summed E-state index contributed by atoms with van der Waals surface area (Å²) in [7, 11) is 0. The molecule has 174 valence electrons. The first-order valence-corrected chi connectivity index (χ1v) is 10.7. The molecule has 1 heterocycles. The number of aromatic nitrogens is 1. The summed E-state index contributed by atoms with van der Waals surface area (Å²) in [5.74, 6) is -5.24. The molecule has 2 unspecified atom stereocenters. The Morgan fingerprint density at radius 1 is 1.12 bits per heavy atom. The number of nitrogens with zero attached hydrogens (tertiary/aromatic N) is 1. The number of halogens is 3. The quantitative estimate of drug-likeness (QED) is 0.458. The Bertz CT molecular complexity index is 1290. The molecule has 7 nitrogen and oxygen atoms in total. The van der Waals surface area contributed by atoms with Crippen LogP contribution < -0.4 is 5.32 Å². The summed E-state index contributed by atoms with van der Waals surface area (Å²) in [6.07, 6.45) is 0. The van der Waals surface area contributed by atoms with Crippen molar-refractivity contribution in [2.45, 2.75) is 26.7 Å². The SMILES string of the molecule is Cc1c(C(C)C(=O)NCC(C)C(=O)O)c2cc(O)c(F)cc2n1C(=O)c1ccc(Cl)c(Cl)c1. The molecule has 1 aromatic heterocycles. The lowest BCUT2D eigenvalue weighted by molar-refractivity contribution is -0.141. The summed E-state index contributed by atoms with van der Waals surface area (Å²) in [6, 6.07) is 6.51. The zero-order valence-electron chi connectivity index (χ0n) is 17.9. The number of amides is 1. The highest BCUT2D eigenvalue weighted by Crippen LogP contribution is 2.36. The van der Waals surface area contributed by atoms with E-state index in [0.29, 0.717) is 16.6 Å². The van der Waals surface area contributed by atoms with Gasteiger partial charge in [0.2, 0.25) is 5.91 Å². The van der Waals surface area contributed by atoms with Gasteiger partial charge in [0.05, 0.1) is 27.4 Å². The number of hydrogen-bond donors (Lipinski definition) is 3. The van der Waals surface area contributed by atoms with Crippen molar-refractivity contribution in [3.8, 4) is 5.75 Å². The molecule has 1 amide bonds. The highest BCUT2D eigenvalue weighted by atomic mass is 35.5. The number of fused-ring (bicyclic) bond motifs is 1. The second-order valence-corrected chi connectivity index (χ2v) is 8.61. The maximum absolute atomic E-state index is 14.2. The molecule has 3 aromatic rings. The Kier molecular flexibility index (Phi) is 7.00. The van der Waals surface area contributed by atoms with Gasteiger partial charge in [-0.2, -0.15) is 0 Å². The van der Waals surface area contributed by atoms with Crippen molar-refractivity contribution in [3.05, 3.63) is 63.0 Å². The number of nitrogens with one attached hydrogen (secondary N) is 1. The van der Waals surface area contributed by atoms with Gasteiger partial charge in [-0.15, -0.1) is 0 Å². The van der Waals surface area contributed by atoms with Crippen molar-refractivity contribution < 1.29 is 29.0 Å². The Morgan fingerprint density at radius 2 is 1.79 bits per heavy atom. The molecule has 0 aliphatic carbocycles. The minimum absolute atomic E-state index is 0.0850. The van der Waals surface area contributed by atoms with E-state index in [9.17, 15) is 23.9 Å². The van der Waals surface area contributed by atoms with Gasteiger partial charge in [0.25, 0.3) is 5.91 Å². The molecule has 0 bridgehead atoms. The predicted octanol–water partition coefficient (Wildman–Crippen LogP) is 4.73. The molecule has 0 radical (unpaired) electrons. The lowest BCUT2D eigenvalue weighted by Gasteiger charge is -2.15. The number of benzene rings is 2. The van der Waals surface area contributed by atoms with Gasteiger partial charge in [0, 0.05) is 29.3 Å². The number of carbonyl (C=O) groups is 3. The lowest BCUT2D eigenvalue weighted by Crippen LogP contribution is -2.34. The first-order valence-electron chi connectivity index (χ1n) is 9.97. The van der Waals surface area contributed by atoms with Gasteiger partial charge in [-0.05, 0) is 43.7 Å². The Morgan fingerprint density at radius 3 is 2.39 bits per heavy atom. The number of carboxylic acids is 1. The minimum atomic E-state index is -1.05. The zero-order chi connectivity index (χ0) is 24.6. The topological polar surface area (TPSA) is 109 Å². The number of aromatic hydroxyl groups is 1. The molecule has 0 aliphatic heterocycles. The zero-order valence-corrected chi connectivity index (χ0v) is 19.5. The maximum Gasteiger partial charge on any atom is 0.308 e. The second kappa shape index (κ2) is 9.41. The Hall–Kier alpha value is -3.10. The molecule has 3 rings (SSSR count). The van der Waals surface area contributed by atoms with Crippen LogP contribution in [0.4, 0.5) is 4.39 Å². The number of rotatable bonds is 6. The molecule has 0 saturated heterocycles. The molecule has 0 saturated carbocycles. The summed E-state index contributed by atoms with van der Waals surface area (Å²) in [4.78, 5) is 37.2. The Balaban J connectivity index is 2.13. The lowest BCUT2D eigenvalue weighted by atomic mass is 9.96. The van der Waals surface area contributed by atoms with E-state index in [1.807, 2.05) is 0 Å². The van der Waals surface area contributed by atoms with Crippen LogP contribution in [0.25, 0.3) is 10.9 Å². The van der Waals surface area contributed by atoms with Crippen LogP contribution in [0.1, 0.15) is 41.4 Å². The first-order chi connectivity index (χ1) is 15.4. The number of aliphatic carboxylic acids is 1. The van der Waals surface area contributed by atoms with Gasteiger partial charge < -0.3 is 15.5 Å². The van der Waals surface area contributed by atoms with E-state index in [0.717, 1.165) is 12.1 Å². The van der Waals surface area contributed by atoms with E-state index < -0.39 is 41.2 Å². The standard InChI is InChI=1S/C23H21Cl2FN2O5/c1-10(23(32)33)9-27-21(30)11(2)20-12(3)28(18-8-17(26)19(29)7-14(18)20)22(31)13-4-5-15(24)16(25)6-13/h4-8,10-11,29H,9H2,1-3H3,(H,27,30)(H,32,33). The second-order valence-electron chi connectivity index (χ2n) is 7.80. The third kappa shape index (κ3) is 4.67. The van der Waals surface area contributed by atoms with Crippen molar-refractivity contribution in [2.75, 3.05) is 6.54 Å². The fourth-order valence-corrected chi connectivity index (χ4v) is 3.94.